The Morgan fingerprint density at radius 3 is 2.61 bits per heavy atom. The van der Waals surface area contributed by atoms with Crippen LogP contribution in [0.2, 0.25) is 0 Å². The van der Waals surface area contributed by atoms with E-state index in [-0.39, 0.29) is 0 Å². The van der Waals surface area contributed by atoms with Crippen molar-refractivity contribution in [2.75, 3.05) is 18.0 Å². The first kappa shape index (κ1) is 13.2. The van der Waals surface area contributed by atoms with Gasteiger partial charge in [0, 0.05) is 25.5 Å². The highest BCUT2D eigenvalue weighted by Gasteiger charge is 2.33. The molecular weight excluding hydrogens is 244 g/mol. The maximum Gasteiger partial charge on any atom is 0.157 e. The van der Waals surface area contributed by atoms with Crippen LogP contribution in [0.15, 0.2) is 12.4 Å². The maximum absolute atomic E-state index is 5.70. The van der Waals surface area contributed by atoms with Crippen molar-refractivity contribution in [2.45, 2.75) is 27.2 Å². The molecule has 1 fully saturated rings. The van der Waals surface area contributed by atoms with Crippen molar-refractivity contribution in [1.82, 2.24) is 9.97 Å². The summed E-state index contributed by atoms with van der Waals surface area (Å²) in [6.45, 7) is 8.85. The lowest BCUT2D eigenvalue weighted by Gasteiger charge is -2.27. The molecule has 1 aromatic heterocycles. The number of rotatable bonds is 2. The van der Waals surface area contributed by atoms with Gasteiger partial charge in [0.1, 0.15) is 10.7 Å². The van der Waals surface area contributed by atoms with Crippen LogP contribution in [0.3, 0.4) is 0 Å². The van der Waals surface area contributed by atoms with Crippen molar-refractivity contribution >= 4 is 23.0 Å². The van der Waals surface area contributed by atoms with Crippen LogP contribution >= 0.6 is 12.2 Å². The number of nitrogens with two attached hydrogens (primary N) is 1. The molecule has 1 unspecified atom stereocenters. The summed E-state index contributed by atoms with van der Waals surface area (Å²) in [7, 11) is 0. The van der Waals surface area contributed by atoms with E-state index in [4.69, 9.17) is 18.0 Å². The standard InChI is InChI=1S/C13H20N4S/c1-13(2,3)9-4-7-17(8-9)12-10(11(14)18)15-5-6-16-12/h5-6,9H,4,7-8H2,1-3H3,(H2,14,18). The highest BCUT2D eigenvalue weighted by molar-refractivity contribution is 7.80. The molecule has 0 aliphatic carbocycles. The first-order chi connectivity index (χ1) is 8.39. The Morgan fingerprint density at radius 2 is 2.06 bits per heavy atom. The van der Waals surface area contributed by atoms with Gasteiger partial charge in [-0.3, -0.25) is 0 Å². The van der Waals surface area contributed by atoms with E-state index in [1.165, 1.54) is 6.42 Å². The molecule has 5 heteroatoms. The van der Waals surface area contributed by atoms with E-state index in [0.29, 0.717) is 22.0 Å². The van der Waals surface area contributed by atoms with Crippen LogP contribution in [0.5, 0.6) is 0 Å². The number of aromatic nitrogens is 2. The van der Waals surface area contributed by atoms with Gasteiger partial charge in [0.2, 0.25) is 0 Å². The molecule has 1 aliphatic heterocycles. The summed E-state index contributed by atoms with van der Waals surface area (Å²) >= 11 is 5.04. The fourth-order valence-corrected chi connectivity index (χ4v) is 2.54. The molecule has 0 radical (unpaired) electrons. The number of anilines is 1. The third kappa shape index (κ3) is 2.61. The van der Waals surface area contributed by atoms with Gasteiger partial charge in [0.05, 0.1) is 0 Å². The topological polar surface area (TPSA) is 55.0 Å². The molecule has 4 nitrogen and oxygen atoms in total. The van der Waals surface area contributed by atoms with Gasteiger partial charge in [-0.2, -0.15) is 0 Å². The van der Waals surface area contributed by atoms with Crippen LogP contribution in [0.25, 0.3) is 0 Å². The molecule has 1 atom stereocenters. The van der Waals surface area contributed by atoms with Crippen LogP contribution in [0.4, 0.5) is 5.82 Å². The average molecular weight is 264 g/mol. The molecule has 98 valence electrons. The minimum absolute atomic E-state index is 0.317. The SMILES string of the molecule is CC(C)(C)C1CCN(c2nccnc2C(N)=S)C1. The largest absolute Gasteiger partial charge is 0.388 e. The molecule has 0 aromatic carbocycles. The number of thiocarbonyl (C=S) groups is 1. The molecule has 1 aliphatic rings. The summed E-state index contributed by atoms with van der Waals surface area (Å²) in [6, 6.07) is 0. The molecule has 2 N–H and O–H groups in total. The smallest absolute Gasteiger partial charge is 0.157 e. The number of nitrogens with zero attached hydrogens (tertiary/aromatic N) is 3. The average Bonchev–Trinajstić information content (AvgIpc) is 2.77. The van der Waals surface area contributed by atoms with Crippen molar-refractivity contribution < 1.29 is 0 Å². The molecule has 2 heterocycles. The van der Waals surface area contributed by atoms with Gasteiger partial charge in [0.15, 0.2) is 5.82 Å². The predicted molar refractivity (Wildman–Crippen MR) is 77.7 cm³/mol. The molecule has 0 saturated carbocycles. The second kappa shape index (κ2) is 4.80. The van der Waals surface area contributed by atoms with E-state index < -0.39 is 0 Å². The molecule has 0 spiro atoms. The highest BCUT2D eigenvalue weighted by atomic mass is 32.1. The minimum Gasteiger partial charge on any atom is -0.388 e. The Morgan fingerprint density at radius 1 is 1.39 bits per heavy atom. The third-order valence-corrected chi connectivity index (χ3v) is 3.82. The zero-order valence-corrected chi connectivity index (χ0v) is 12.0. The highest BCUT2D eigenvalue weighted by Crippen LogP contribution is 2.35. The lowest BCUT2D eigenvalue weighted by molar-refractivity contribution is 0.263. The van der Waals surface area contributed by atoms with Gasteiger partial charge in [-0.05, 0) is 17.8 Å². The Balaban J connectivity index is 2.22. The summed E-state index contributed by atoms with van der Waals surface area (Å²) in [4.78, 5) is 11.2. The Labute approximate surface area is 114 Å². The van der Waals surface area contributed by atoms with Crippen LogP contribution < -0.4 is 10.6 Å². The van der Waals surface area contributed by atoms with Gasteiger partial charge >= 0.3 is 0 Å². The second-order valence-electron chi connectivity index (χ2n) is 5.89. The van der Waals surface area contributed by atoms with Crippen molar-refractivity contribution in [1.29, 1.82) is 0 Å². The van der Waals surface area contributed by atoms with Crippen LogP contribution in [0.1, 0.15) is 32.9 Å². The number of hydrogen-bond acceptors (Lipinski definition) is 4. The van der Waals surface area contributed by atoms with E-state index >= 15 is 0 Å². The van der Waals surface area contributed by atoms with Crippen LogP contribution in [0, 0.1) is 11.3 Å². The maximum atomic E-state index is 5.70. The summed E-state index contributed by atoms with van der Waals surface area (Å²) in [6.07, 6.45) is 4.51. The van der Waals surface area contributed by atoms with E-state index in [0.717, 1.165) is 18.9 Å². The van der Waals surface area contributed by atoms with Gasteiger partial charge < -0.3 is 10.6 Å². The Kier molecular flexibility index (Phi) is 3.52. The van der Waals surface area contributed by atoms with Gasteiger partial charge in [-0.15, -0.1) is 0 Å². The van der Waals surface area contributed by atoms with Gasteiger partial charge in [0.25, 0.3) is 0 Å². The molecule has 1 saturated heterocycles. The van der Waals surface area contributed by atoms with Crippen molar-refractivity contribution in [3.8, 4) is 0 Å². The van der Waals surface area contributed by atoms with E-state index in [2.05, 4.69) is 35.6 Å². The zero-order chi connectivity index (χ0) is 13.3. The van der Waals surface area contributed by atoms with E-state index in [9.17, 15) is 0 Å². The summed E-state index contributed by atoms with van der Waals surface area (Å²) in [5.41, 5.74) is 6.67. The molecular formula is C13H20N4S. The van der Waals surface area contributed by atoms with Gasteiger partial charge in [-0.25, -0.2) is 9.97 Å². The minimum atomic E-state index is 0.317. The van der Waals surface area contributed by atoms with Crippen molar-refractivity contribution in [3.63, 3.8) is 0 Å². The van der Waals surface area contributed by atoms with E-state index in [1.54, 1.807) is 12.4 Å². The Bertz CT molecular complexity index is 453. The summed E-state index contributed by atoms with van der Waals surface area (Å²) in [5, 5.41) is 0. The number of hydrogen-bond donors (Lipinski definition) is 1. The Hall–Kier alpha value is -1.23. The molecule has 0 bridgehead atoms. The summed E-state index contributed by atoms with van der Waals surface area (Å²) in [5.74, 6) is 1.50. The lowest BCUT2D eigenvalue weighted by Crippen LogP contribution is -2.28. The lowest BCUT2D eigenvalue weighted by atomic mass is 9.80. The van der Waals surface area contributed by atoms with Crippen LogP contribution in [-0.2, 0) is 0 Å². The fourth-order valence-electron chi connectivity index (χ4n) is 2.40. The quantitative estimate of drug-likeness (QED) is 0.828. The second-order valence-corrected chi connectivity index (χ2v) is 6.33. The monoisotopic (exact) mass is 264 g/mol. The first-order valence-corrected chi connectivity index (χ1v) is 6.66. The molecule has 0 amide bonds. The normalized spacial score (nSPS) is 20.2. The predicted octanol–water partition coefficient (Wildman–Crippen LogP) is 1.98. The molecule has 2 rings (SSSR count). The zero-order valence-electron chi connectivity index (χ0n) is 11.2. The fraction of sp³-hybridized carbons (Fsp3) is 0.615. The van der Waals surface area contributed by atoms with Crippen LogP contribution in [-0.4, -0.2) is 28.0 Å². The van der Waals surface area contributed by atoms with E-state index in [1.807, 2.05) is 0 Å². The van der Waals surface area contributed by atoms with Gasteiger partial charge in [-0.1, -0.05) is 33.0 Å². The summed E-state index contributed by atoms with van der Waals surface area (Å²) < 4.78 is 0. The third-order valence-electron chi connectivity index (χ3n) is 3.62. The molecule has 1 aromatic rings. The first-order valence-electron chi connectivity index (χ1n) is 6.25. The van der Waals surface area contributed by atoms with Crippen molar-refractivity contribution in [3.05, 3.63) is 18.1 Å². The van der Waals surface area contributed by atoms with Crippen molar-refractivity contribution in [2.24, 2.45) is 17.1 Å². The molecule has 18 heavy (non-hydrogen) atoms.